The predicted molar refractivity (Wildman–Crippen MR) is 132 cm³/mol. The van der Waals surface area contributed by atoms with Crippen molar-refractivity contribution in [3.63, 3.8) is 0 Å². The highest BCUT2D eigenvalue weighted by Crippen LogP contribution is 2.64. The topological polar surface area (TPSA) is 97.6 Å². The van der Waals surface area contributed by atoms with E-state index in [1.165, 1.54) is 11.3 Å². The number of carbonyl (C=O) groups excluding carboxylic acids is 1. The summed E-state index contributed by atoms with van der Waals surface area (Å²) in [5.41, 5.74) is 1.55. The lowest BCUT2D eigenvalue weighted by Gasteiger charge is -2.52. The molecule has 3 aromatic rings. The number of rotatable bonds is 5. The molecule has 2 bridgehead atoms. The number of amides is 1. The summed E-state index contributed by atoms with van der Waals surface area (Å²) in [6, 6.07) is 15.0. The van der Waals surface area contributed by atoms with Gasteiger partial charge in [-0.1, -0.05) is 48.5 Å². The van der Waals surface area contributed by atoms with E-state index in [0.717, 1.165) is 29.9 Å². The van der Waals surface area contributed by atoms with Crippen LogP contribution in [0.3, 0.4) is 0 Å². The summed E-state index contributed by atoms with van der Waals surface area (Å²) in [7, 11) is 0. The minimum Gasteiger partial charge on any atom is -0.379 e. The number of ether oxygens (including phenoxy) is 1. The molecule has 9 heteroatoms. The molecule has 2 heterocycles. The highest BCUT2D eigenvalue weighted by atomic mass is 32.1. The van der Waals surface area contributed by atoms with Crippen LogP contribution in [0.4, 0.5) is 5.13 Å². The van der Waals surface area contributed by atoms with Gasteiger partial charge in [-0.05, 0) is 18.1 Å². The van der Waals surface area contributed by atoms with Gasteiger partial charge in [-0.3, -0.25) is 19.8 Å². The number of hydrogen-bond acceptors (Lipinski definition) is 7. The van der Waals surface area contributed by atoms with Crippen molar-refractivity contribution in [3.05, 3.63) is 92.0 Å². The van der Waals surface area contributed by atoms with Gasteiger partial charge >= 0.3 is 0 Å². The van der Waals surface area contributed by atoms with Gasteiger partial charge in [0, 0.05) is 53.4 Å². The molecule has 1 atom stereocenters. The molecule has 35 heavy (non-hydrogen) atoms. The molecular formula is C26H26N4O4S. The van der Waals surface area contributed by atoms with Crippen LogP contribution in [0.15, 0.2) is 53.9 Å². The average Bonchev–Trinajstić information content (AvgIpc) is 3.31. The van der Waals surface area contributed by atoms with E-state index in [1.54, 1.807) is 0 Å². The highest BCUT2D eigenvalue weighted by molar-refractivity contribution is 7.13. The van der Waals surface area contributed by atoms with E-state index in [-0.39, 0.29) is 23.2 Å². The summed E-state index contributed by atoms with van der Waals surface area (Å²) in [6.45, 7) is 5.73. The molecule has 1 N–H and O–H groups in total. The fraction of sp³-hybridized carbons (Fsp3) is 0.385. The molecule has 8 nitrogen and oxygen atoms in total. The van der Waals surface area contributed by atoms with Gasteiger partial charge in [-0.15, -0.1) is 11.3 Å². The van der Waals surface area contributed by atoms with Gasteiger partial charge in [0.2, 0.25) is 5.91 Å². The smallest absolute Gasteiger partial charge is 0.273 e. The Hall–Kier alpha value is -3.14. The lowest BCUT2D eigenvalue weighted by atomic mass is 9.49. The third-order valence-electron chi connectivity index (χ3n) is 7.79. The van der Waals surface area contributed by atoms with Crippen LogP contribution in [-0.2, 0) is 21.6 Å². The maximum absolute atomic E-state index is 13.9. The largest absolute Gasteiger partial charge is 0.379 e. The summed E-state index contributed by atoms with van der Waals surface area (Å²) in [6.07, 6.45) is 0.101. The van der Waals surface area contributed by atoms with E-state index < -0.39 is 11.0 Å². The lowest BCUT2D eigenvalue weighted by molar-refractivity contribution is -0.573. The maximum Gasteiger partial charge on any atom is 0.273 e. The molecule has 0 saturated carbocycles. The SMILES string of the molecule is CC1(C(=O)Nc2nc(CN3CCOCC3)cs2)CC2([N+](=O)[O-])c3ccccc3C1c1ccccc12. The molecule has 1 amide bonds. The van der Waals surface area contributed by atoms with Crippen LogP contribution in [-0.4, -0.2) is 47.0 Å². The molecule has 1 aromatic heterocycles. The standard InChI is InChI=1S/C26H26N4O4S/c1-25(23(31)28-24-27-17(15-35-24)14-29-10-12-34-13-11-29)16-26(30(32)33)20-8-4-2-6-18(20)22(25)19-7-3-5-9-21(19)26/h2-9,15,22H,10-14,16H2,1H3,(H,27,28,31). The summed E-state index contributed by atoms with van der Waals surface area (Å²) in [5, 5.41) is 18.3. The third-order valence-corrected chi connectivity index (χ3v) is 8.59. The zero-order valence-electron chi connectivity index (χ0n) is 19.4. The van der Waals surface area contributed by atoms with Crippen LogP contribution in [0.5, 0.6) is 0 Å². The second-order valence-electron chi connectivity index (χ2n) is 9.81. The number of nitrogens with one attached hydrogen (secondary N) is 1. The van der Waals surface area contributed by atoms with Crippen LogP contribution >= 0.6 is 11.3 Å². The number of hydrogen-bond donors (Lipinski definition) is 1. The summed E-state index contributed by atoms with van der Waals surface area (Å²) in [5.74, 6) is -0.505. The Morgan fingerprint density at radius 1 is 1.17 bits per heavy atom. The van der Waals surface area contributed by atoms with Crippen LogP contribution < -0.4 is 5.32 Å². The quantitative estimate of drug-likeness (QED) is 0.429. The van der Waals surface area contributed by atoms with Crippen molar-refractivity contribution in [1.29, 1.82) is 0 Å². The molecule has 1 fully saturated rings. The van der Waals surface area contributed by atoms with Crippen molar-refractivity contribution in [1.82, 2.24) is 9.88 Å². The molecule has 3 aliphatic carbocycles. The fourth-order valence-electron chi connectivity index (χ4n) is 6.21. The number of aromatic nitrogens is 1. The highest BCUT2D eigenvalue weighted by Gasteiger charge is 2.67. The van der Waals surface area contributed by atoms with Gasteiger partial charge in [0.25, 0.3) is 5.54 Å². The van der Waals surface area contributed by atoms with Gasteiger partial charge in [0.1, 0.15) is 0 Å². The monoisotopic (exact) mass is 490 g/mol. The van der Waals surface area contributed by atoms with Crippen LogP contribution in [0, 0.1) is 15.5 Å². The van der Waals surface area contributed by atoms with Crippen molar-refractivity contribution in [3.8, 4) is 0 Å². The first-order valence-electron chi connectivity index (χ1n) is 11.8. The number of benzene rings is 2. The molecule has 1 saturated heterocycles. The van der Waals surface area contributed by atoms with E-state index in [1.807, 2.05) is 60.8 Å². The zero-order valence-corrected chi connectivity index (χ0v) is 20.2. The van der Waals surface area contributed by atoms with E-state index in [4.69, 9.17) is 4.74 Å². The molecule has 1 unspecified atom stereocenters. The average molecular weight is 491 g/mol. The van der Waals surface area contributed by atoms with Crippen LogP contribution in [0.25, 0.3) is 0 Å². The Balaban J connectivity index is 1.35. The van der Waals surface area contributed by atoms with Crippen LogP contribution in [0.1, 0.15) is 47.2 Å². The molecular weight excluding hydrogens is 464 g/mol. The summed E-state index contributed by atoms with van der Waals surface area (Å²) < 4.78 is 5.41. The minimum atomic E-state index is -1.46. The van der Waals surface area contributed by atoms with E-state index in [9.17, 15) is 14.9 Å². The molecule has 180 valence electrons. The number of nitrogens with zero attached hydrogens (tertiary/aromatic N) is 3. The fourth-order valence-corrected chi connectivity index (χ4v) is 6.91. The summed E-state index contributed by atoms with van der Waals surface area (Å²) in [4.78, 5) is 33.4. The second-order valence-corrected chi connectivity index (χ2v) is 10.7. The number of thiazole rings is 1. The van der Waals surface area contributed by atoms with Gasteiger partial charge in [0.05, 0.1) is 24.3 Å². The Kier molecular flexibility index (Phi) is 5.24. The van der Waals surface area contributed by atoms with E-state index >= 15 is 0 Å². The summed E-state index contributed by atoms with van der Waals surface area (Å²) >= 11 is 1.39. The Morgan fingerprint density at radius 3 is 2.43 bits per heavy atom. The van der Waals surface area contributed by atoms with Crippen molar-refractivity contribution >= 4 is 22.4 Å². The third kappa shape index (κ3) is 3.33. The molecule has 1 aliphatic heterocycles. The van der Waals surface area contributed by atoms with E-state index in [2.05, 4.69) is 15.2 Å². The molecule has 0 spiro atoms. The van der Waals surface area contributed by atoms with Gasteiger partial charge < -0.3 is 10.1 Å². The maximum atomic E-state index is 13.9. The lowest BCUT2D eigenvalue weighted by Crippen LogP contribution is -2.57. The second kappa shape index (κ2) is 8.22. The zero-order chi connectivity index (χ0) is 24.2. The normalized spacial score (nSPS) is 27.2. The Bertz CT molecular complexity index is 1270. The van der Waals surface area contributed by atoms with Crippen molar-refractivity contribution in [2.24, 2.45) is 5.41 Å². The number of fused-ring (bicyclic) bond motifs is 1. The first-order chi connectivity index (χ1) is 16.9. The molecule has 0 radical (unpaired) electrons. The first-order valence-corrected chi connectivity index (χ1v) is 12.7. The predicted octanol–water partition coefficient (Wildman–Crippen LogP) is 3.99. The molecule has 2 aromatic carbocycles. The number of carbonyl (C=O) groups is 1. The molecule has 4 aliphatic rings. The van der Waals surface area contributed by atoms with Crippen LogP contribution in [0.2, 0.25) is 0 Å². The Labute approximate surface area is 207 Å². The van der Waals surface area contributed by atoms with Gasteiger partial charge in [-0.2, -0.15) is 0 Å². The molecule has 7 rings (SSSR count). The first kappa shape index (κ1) is 22.3. The van der Waals surface area contributed by atoms with Crippen molar-refractivity contribution in [2.75, 3.05) is 31.6 Å². The Morgan fingerprint density at radius 2 is 1.80 bits per heavy atom. The van der Waals surface area contributed by atoms with E-state index in [0.29, 0.717) is 36.0 Å². The van der Waals surface area contributed by atoms with Crippen molar-refractivity contribution in [2.45, 2.75) is 31.3 Å². The van der Waals surface area contributed by atoms with Crippen molar-refractivity contribution < 1.29 is 14.5 Å². The number of morpholine rings is 1. The number of anilines is 1. The van der Waals surface area contributed by atoms with Gasteiger partial charge in [-0.25, -0.2) is 4.98 Å². The minimum absolute atomic E-state index is 0.101. The van der Waals surface area contributed by atoms with Gasteiger partial charge in [0.15, 0.2) is 5.13 Å². The number of nitro groups is 1.